The van der Waals surface area contributed by atoms with Crippen LogP contribution in [0.2, 0.25) is 0 Å². The van der Waals surface area contributed by atoms with Crippen molar-refractivity contribution in [1.29, 1.82) is 0 Å². The Bertz CT molecular complexity index is 633. The Morgan fingerprint density at radius 2 is 1.96 bits per heavy atom. The lowest BCUT2D eigenvalue weighted by Crippen LogP contribution is -2.57. The maximum Gasteiger partial charge on any atom is 0.270 e. The Labute approximate surface area is 136 Å². The predicted molar refractivity (Wildman–Crippen MR) is 92.9 cm³/mol. The number of hydrogen-bond donors (Lipinski definition) is 3. The minimum atomic E-state index is -0.373. The molecular formula is C17H24N4O2. The summed E-state index contributed by atoms with van der Waals surface area (Å²) >= 11 is 0. The van der Waals surface area contributed by atoms with Gasteiger partial charge < -0.3 is 5.32 Å². The van der Waals surface area contributed by atoms with E-state index in [2.05, 4.69) is 16.0 Å². The summed E-state index contributed by atoms with van der Waals surface area (Å²) in [6.07, 6.45) is 7.04. The largest absolute Gasteiger partial charge is 0.391 e. The van der Waals surface area contributed by atoms with Gasteiger partial charge in [-0.3, -0.25) is 20.7 Å². The van der Waals surface area contributed by atoms with E-state index in [1.165, 1.54) is 11.8 Å². The first-order chi connectivity index (χ1) is 11.1. The van der Waals surface area contributed by atoms with E-state index in [0.29, 0.717) is 0 Å². The Morgan fingerprint density at radius 3 is 2.57 bits per heavy atom. The summed E-state index contributed by atoms with van der Waals surface area (Å²) in [7, 11) is 5.81. The fourth-order valence-corrected chi connectivity index (χ4v) is 3.13. The molecular weight excluding hydrogens is 292 g/mol. The van der Waals surface area contributed by atoms with Gasteiger partial charge in [0, 0.05) is 30.5 Å². The van der Waals surface area contributed by atoms with Crippen molar-refractivity contribution >= 4 is 11.8 Å². The summed E-state index contributed by atoms with van der Waals surface area (Å²) in [6, 6.07) is 6.66. The first kappa shape index (κ1) is 17.2. The first-order valence-electron chi connectivity index (χ1n) is 7.78. The highest BCUT2D eigenvalue weighted by Gasteiger charge is 2.34. The van der Waals surface area contributed by atoms with E-state index in [1.54, 1.807) is 12.1 Å². The number of non-ortho nitro benzene ring substituents is 1. The topological polar surface area (TPSA) is 79.2 Å². The number of rotatable bonds is 6. The van der Waals surface area contributed by atoms with Crippen LogP contribution in [-0.2, 0) is 0 Å². The lowest BCUT2D eigenvalue weighted by atomic mass is 9.84. The highest BCUT2D eigenvalue weighted by molar-refractivity contribution is 5.58. The van der Waals surface area contributed by atoms with Crippen molar-refractivity contribution < 1.29 is 4.92 Å². The van der Waals surface area contributed by atoms with Crippen LogP contribution in [-0.4, -0.2) is 31.7 Å². The van der Waals surface area contributed by atoms with Crippen LogP contribution in [0.4, 0.5) is 5.69 Å². The van der Waals surface area contributed by atoms with Gasteiger partial charge in [-0.05, 0) is 38.9 Å². The molecule has 6 nitrogen and oxygen atoms in total. The van der Waals surface area contributed by atoms with Crippen LogP contribution in [0.3, 0.4) is 0 Å². The van der Waals surface area contributed by atoms with Gasteiger partial charge in [-0.1, -0.05) is 24.3 Å². The first-order valence-corrected chi connectivity index (χ1v) is 7.78. The molecule has 1 aromatic rings. The van der Waals surface area contributed by atoms with E-state index in [0.717, 1.165) is 30.4 Å². The highest BCUT2D eigenvalue weighted by atomic mass is 16.6. The second-order valence-corrected chi connectivity index (χ2v) is 5.59. The fourth-order valence-electron chi connectivity index (χ4n) is 3.13. The molecule has 2 rings (SSSR count). The van der Waals surface area contributed by atoms with Crippen molar-refractivity contribution in [2.45, 2.75) is 24.9 Å². The quantitative estimate of drug-likeness (QED) is 0.427. The molecule has 0 unspecified atom stereocenters. The molecule has 1 aliphatic rings. The van der Waals surface area contributed by atoms with Crippen molar-refractivity contribution in [3.05, 3.63) is 57.3 Å². The van der Waals surface area contributed by atoms with E-state index in [1.807, 2.05) is 39.4 Å². The summed E-state index contributed by atoms with van der Waals surface area (Å²) in [4.78, 5) is 10.5. The van der Waals surface area contributed by atoms with E-state index >= 15 is 0 Å². The number of nitrogens with zero attached hydrogens (tertiary/aromatic N) is 1. The SMILES string of the molecule is CNC1=C(C=Cc2cccc([N+](=O)[O-])c2)C(NC)(NC)CCC1. The molecule has 1 aromatic carbocycles. The van der Waals surface area contributed by atoms with Gasteiger partial charge in [0.25, 0.3) is 5.69 Å². The molecule has 0 radical (unpaired) electrons. The van der Waals surface area contributed by atoms with E-state index in [-0.39, 0.29) is 16.3 Å². The van der Waals surface area contributed by atoms with Gasteiger partial charge in [-0.25, -0.2) is 0 Å². The standard InChI is InChI=1S/C17H24N4O2/c1-18-16-8-5-11-17(19-2,20-3)15(16)10-9-13-6-4-7-14(12-13)21(22)23/h4,6-7,9-10,12,18-20H,5,8,11H2,1-3H3. The lowest BCUT2D eigenvalue weighted by molar-refractivity contribution is -0.384. The zero-order valence-electron chi connectivity index (χ0n) is 13.8. The molecule has 124 valence electrons. The van der Waals surface area contributed by atoms with E-state index in [9.17, 15) is 10.1 Å². The average molecular weight is 316 g/mol. The fraction of sp³-hybridized carbons (Fsp3) is 0.412. The van der Waals surface area contributed by atoms with Gasteiger partial charge in [0.05, 0.1) is 10.6 Å². The Kier molecular flexibility index (Phi) is 5.52. The molecule has 0 amide bonds. The third-order valence-electron chi connectivity index (χ3n) is 4.44. The van der Waals surface area contributed by atoms with Gasteiger partial charge in [-0.15, -0.1) is 0 Å². The van der Waals surface area contributed by atoms with Gasteiger partial charge in [0.15, 0.2) is 0 Å². The average Bonchev–Trinajstić information content (AvgIpc) is 2.59. The molecule has 23 heavy (non-hydrogen) atoms. The van der Waals surface area contributed by atoms with Gasteiger partial charge >= 0.3 is 0 Å². The maximum atomic E-state index is 10.9. The molecule has 0 saturated carbocycles. The molecule has 0 heterocycles. The van der Waals surface area contributed by atoms with Crippen molar-refractivity contribution in [3.63, 3.8) is 0 Å². The van der Waals surface area contributed by atoms with E-state index in [4.69, 9.17) is 0 Å². The summed E-state index contributed by atoms with van der Waals surface area (Å²) < 4.78 is 0. The molecule has 0 aliphatic heterocycles. The number of allylic oxidation sites excluding steroid dienone is 1. The number of nitrogens with one attached hydrogen (secondary N) is 3. The maximum absolute atomic E-state index is 10.9. The van der Waals surface area contributed by atoms with Crippen molar-refractivity contribution in [2.75, 3.05) is 21.1 Å². The molecule has 6 heteroatoms. The summed E-state index contributed by atoms with van der Waals surface area (Å²) in [5, 5.41) is 20.9. The van der Waals surface area contributed by atoms with Crippen LogP contribution in [0.25, 0.3) is 6.08 Å². The zero-order valence-corrected chi connectivity index (χ0v) is 13.8. The van der Waals surface area contributed by atoms with Crippen LogP contribution < -0.4 is 16.0 Å². The molecule has 0 bridgehead atoms. The van der Waals surface area contributed by atoms with Crippen molar-refractivity contribution in [1.82, 2.24) is 16.0 Å². The van der Waals surface area contributed by atoms with E-state index < -0.39 is 0 Å². The van der Waals surface area contributed by atoms with Crippen LogP contribution in [0.5, 0.6) is 0 Å². The second kappa shape index (κ2) is 7.39. The minimum absolute atomic E-state index is 0.104. The predicted octanol–water partition coefficient (Wildman–Crippen LogP) is 2.40. The van der Waals surface area contributed by atoms with Crippen molar-refractivity contribution in [3.8, 4) is 0 Å². The second-order valence-electron chi connectivity index (χ2n) is 5.59. The Morgan fingerprint density at radius 1 is 1.22 bits per heavy atom. The van der Waals surface area contributed by atoms with Crippen LogP contribution in [0.1, 0.15) is 24.8 Å². The van der Waals surface area contributed by atoms with Crippen molar-refractivity contribution in [2.24, 2.45) is 0 Å². The summed E-state index contributed by atoms with van der Waals surface area (Å²) in [5.74, 6) is 0. The van der Waals surface area contributed by atoms with Crippen LogP contribution in [0, 0.1) is 10.1 Å². The van der Waals surface area contributed by atoms with Crippen LogP contribution in [0.15, 0.2) is 41.6 Å². The molecule has 0 fully saturated rings. The third-order valence-corrected chi connectivity index (χ3v) is 4.44. The number of nitro groups is 1. The van der Waals surface area contributed by atoms with Gasteiger partial charge in [0.2, 0.25) is 0 Å². The summed E-state index contributed by atoms with van der Waals surface area (Å²) in [6.45, 7) is 0. The number of likely N-dealkylation sites (N-methyl/N-ethyl adjacent to an activating group) is 2. The van der Waals surface area contributed by atoms with Gasteiger partial charge in [-0.2, -0.15) is 0 Å². The smallest absolute Gasteiger partial charge is 0.270 e. The normalized spacial score (nSPS) is 17.5. The monoisotopic (exact) mass is 316 g/mol. The van der Waals surface area contributed by atoms with Gasteiger partial charge in [0.1, 0.15) is 0 Å². The van der Waals surface area contributed by atoms with Crippen LogP contribution >= 0.6 is 0 Å². The molecule has 3 N–H and O–H groups in total. The molecule has 1 aliphatic carbocycles. The highest BCUT2D eigenvalue weighted by Crippen LogP contribution is 2.31. The summed E-state index contributed by atoms with van der Waals surface area (Å²) in [5.41, 5.74) is 2.96. The number of nitro benzene ring substituents is 1. The molecule has 0 atom stereocenters. The lowest BCUT2D eigenvalue weighted by Gasteiger charge is -2.39. The third kappa shape index (κ3) is 3.60. The molecule has 0 spiro atoms. The zero-order chi connectivity index (χ0) is 16.9. The Balaban J connectivity index is 2.39. The molecule has 0 aromatic heterocycles. The minimum Gasteiger partial charge on any atom is -0.391 e. The number of benzene rings is 1. The number of hydrogen-bond acceptors (Lipinski definition) is 5. The molecule has 0 saturated heterocycles. The Hall–Kier alpha value is -2.18.